The Hall–Kier alpha value is -1.10. The van der Waals surface area contributed by atoms with E-state index in [9.17, 15) is 9.59 Å². The average molecular weight is 255 g/mol. The maximum Gasteiger partial charge on any atom is 0.328 e. The van der Waals surface area contributed by atoms with Gasteiger partial charge in [-0.2, -0.15) is 0 Å². The van der Waals surface area contributed by atoms with Crippen LogP contribution in [0.1, 0.15) is 32.6 Å². The van der Waals surface area contributed by atoms with Crippen LogP contribution in [0.5, 0.6) is 0 Å². The van der Waals surface area contributed by atoms with Crippen LogP contribution in [-0.2, 0) is 19.1 Å². The van der Waals surface area contributed by atoms with Gasteiger partial charge in [-0.15, -0.1) is 0 Å². The van der Waals surface area contributed by atoms with Crippen molar-refractivity contribution in [3.8, 4) is 0 Å². The van der Waals surface area contributed by atoms with Crippen molar-refractivity contribution < 1.29 is 19.1 Å². The van der Waals surface area contributed by atoms with E-state index in [2.05, 4.69) is 0 Å². The van der Waals surface area contributed by atoms with Crippen molar-refractivity contribution in [2.75, 3.05) is 26.4 Å². The lowest BCUT2D eigenvalue weighted by atomic mass is 10.0. The van der Waals surface area contributed by atoms with Crippen molar-refractivity contribution in [2.45, 2.75) is 38.6 Å². The quantitative estimate of drug-likeness (QED) is 0.705. The SMILES string of the molecule is CCOC(=O)C1CCCN1C(=O)C1CCCOC1. The Bertz CT molecular complexity index is 312. The van der Waals surface area contributed by atoms with Crippen molar-refractivity contribution in [1.29, 1.82) is 0 Å². The highest BCUT2D eigenvalue weighted by Crippen LogP contribution is 2.24. The number of nitrogens with zero attached hydrogens (tertiary/aromatic N) is 1. The highest BCUT2D eigenvalue weighted by atomic mass is 16.5. The summed E-state index contributed by atoms with van der Waals surface area (Å²) < 4.78 is 10.4. The molecule has 2 unspecified atom stereocenters. The normalized spacial score (nSPS) is 28.2. The fraction of sp³-hybridized carbons (Fsp3) is 0.846. The Morgan fingerprint density at radius 2 is 2.17 bits per heavy atom. The molecule has 5 heteroatoms. The zero-order valence-corrected chi connectivity index (χ0v) is 10.9. The number of rotatable bonds is 3. The molecule has 1 amide bonds. The molecule has 2 fully saturated rings. The van der Waals surface area contributed by atoms with Crippen LogP contribution in [0.4, 0.5) is 0 Å². The second-order valence-electron chi connectivity index (χ2n) is 4.86. The first-order valence-corrected chi connectivity index (χ1v) is 6.79. The Balaban J connectivity index is 1.97. The Kier molecular flexibility index (Phi) is 4.58. The number of carbonyl (C=O) groups excluding carboxylic acids is 2. The first-order chi connectivity index (χ1) is 8.74. The van der Waals surface area contributed by atoms with Crippen molar-refractivity contribution in [1.82, 2.24) is 4.90 Å². The summed E-state index contributed by atoms with van der Waals surface area (Å²) in [6.45, 7) is 4.05. The molecule has 0 spiro atoms. The molecule has 5 nitrogen and oxygen atoms in total. The van der Waals surface area contributed by atoms with Gasteiger partial charge >= 0.3 is 5.97 Å². The molecule has 2 saturated heterocycles. The number of esters is 1. The maximum atomic E-state index is 12.4. The van der Waals surface area contributed by atoms with Crippen LogP contribution >= 0.6 is 0 Å². The molecule has 2 rings (SSSR count). The summed E-state index contributed by atoms with van der Waals surface area (Å²) >= 11 is 0. The van der Waals surface area contributed by atoms with Gasteiger partial charge in [-0.3, -0.25) is 4.79 Å². The van der Waals surface area contributed by atoms with Crippen LogP contribution in [-0.4, -0.2) is 49.2 Å². The highest BCUT2D eigenvalue weighted by molar-refractivity contribution is 5.86. The number of carbonyl (C=O) groups is 2. The van der Waals surface area contributed by atoms with Crippen molar-refractivity contribution >= 4 is 11.9 Å². The van der Waals surface area contributed by atoms with Gasteiger partial charge in [0.25, 0.3) is 0 Å². The third-order valence-electron chi connectivity index (χ3n) is 3.60. The first kappa shape index (κ1) is 13.3. The van der Waals surface area contributed by atoms with Gasteiger partial charge in [0, 0.05) is 13.2 Å². The van der Waals surface area contributed by atoms with E-state index in [0.717, 1.165) is 32.3 Å². The van der Waals surface area contributed by atoms with Gasteiger partial charge in [-0.25, -0.2) is 4.79 Å². The van der Waals surface area contributed by atoms with Crippen LogP contribution in [0.25, 0.3) is 0 Å². The summed E-state index contributed by atoms with van der Waals surface area (Å²) in [6, 6.07) is -0.376. The summed E-state index contributed by atoms with van der Waals surface area (Å²) in [5.74, 6) is -0.279. The summed E-state index contributed by atoms with van der Waals surface area (Å²) in [6.07, 6.45) is 3.39. The summed E-state index contributed by atoms with van der Waals surface area (Å²) in [5, 5.41) is 0. The summed E-state index contributed by atoms with van der Waals surface area (Å²) in [5.41, 5.74) is 0. The van der Waals surface area contributed by atoms with Crippen molar-refractivity contribution in [3.63, 3.8) is 0 Å². The van der Waals surface area contributed by atoms with Gasteiger partial charge in [0.2, 0.25) is 5.91 Å². The third-order valence-corrected chi connectivity index (χ3v) is 3.60. The zero-order valence-electron chi connectivity index (χ0n) is 10.9. The molecule has 0 N–H and O–H groups in total. The topological polar surface area (TPSA) is 55.8 Å². The minimum atomic E-state index is -0.376. The van der Waals surface area contributed by atoms with Gasteiger partial charge in [-0.05, 0) is 32.6 Å². The van der Waals surface area contributed by atoms with E-state index >= 15 is 0 Å². The second-order valence-corrected chi connectivity index (χ2v) is 4.86. The smallest absolute Gasteiger partial charge is 0.328 e. The van der Waals surface area contributed by atoms with Crippen molar-refractivity contribution in [3.05, 3.63) is 0 Å². The van der Waals surface area contributed by atoms with E-state index in [0.29, 0.717) is 19.8 Å². The molecule has 2 atom stereocenters. The molecule has 0 bridgehead atoms. The largest absolute Gasteiger partial charge is 0.464 e. The third kappa shape index (κ3) is 2.83. The van der Waals surface area contributed by atoms with Crippen LogP contribution in [0.3, 0.4) is 0 Å². The average Bonchev–Trinajstić information content (AvgIpc) is 2.88. The van der Waals surface area contributed by atoms with Crippen LogP contribution < -0.4 is 0 Å². The minimum absolute atomic E-state index is 0.0604. The van der Waals surface area contributed by atoms with Gasteiger partial charge in [0.1, 0.15) is 6.04 Å². The molecule has 0 saturated carbocycles. The lowest BCUT2D eigenvalue weighted by molar-refractivity contribution is -0.155. The number of ether oxygens (including phenoxy) is 2. The van der Waals surface area contributed by atoms with E-state index in [4.69, 9.17) is 9.47 Å². The van der Waals surface area contributed by atoms with Gasteiger partial charge in [0.15, 0.2) is 0 Å². The lowest BCUT2D eigenvalue weighted by Crippen LogP contribution is -2.45. The first-order valence-electron chi connectivity index (χ1n) is 6.79. The van der Waals surface area contributed by atoms with Crippen LogP contribution in [0, 0.1) is 5.92 Å². The van der Waals surface area contributed by atoms with Crippen LogP contribution in [0.2, 0.25) is 0 Å². The Labute approximate surface area is 107 Å². The summed E-state index contributed by atoms with van der Waals surface area (Å²) in [4.78, 5) is 25.8. The van der Waals surface area contributed by atoms with E-state index in [1.807, 2.05) is 0 Å². The fourth-order valence-electron chi connectivity index (χ4n) is 2.68. The van der Waals surface area contributed by atoms with E-state index in [1.165, 1.54) is 0 Å². The monoisotopic (exact) mass is 255 g/mol. The molecule has 0 aliphatic carbocycles. The number of hydrogen-bond acceptors (Lipinski definition) is 4. The molecule has 2 aliphatic rings. The lowest BCUT2D eigenvalue weighted by Gasteiger charge is -2.29. The zero-order chi connectivity index (χ0) is 13.0. The van der Waals surface area contributed by atoms with E-state index < -0.39 is 0 Å². The molecule has 0 radical (unpaired) electrons. The summed E-state index contributed by atoms with van der Waals surface area (Å²) in [7, 11) is 0. The predicted molar refractivity (Wildman–Crippen MR) is 64.9 cm³/mol. The molecule has 102 valence electrons. The van der Waals surface area contributed by atoms with Gasteiger partial charge < -0.3 is 14.4 Å². The van der Waals surface area contributed by atoms with Crippen molar-refractivity contribution in [2.24, 2.45) is 5.92 Å². The number of likely N-dealkylation sites (tertiary alicyclic amines) is 1. The highest BCUT2D eigenvalue weighted by Gasteiger charge is 2.38. The molecular weight excluding hydrogens is 234 g/mol. The molecule has 2 aliphatic heterocycles. The Morgan fingerprint density at radius 1 is 1.33 bits per heavy atom. The van der Waals surface area contributed by atoms with Gasteiger partial charge in [0.05, 0.1) is 19.1 Å². The molecule has 0 aromatic carbocycles. The molecule has 18 heavy (non-hydrogen) atoms. The number of hydrogen-bond donors (Lipinski definition) is 0. The second kappa shape index (κ2) is 6.18. The van der Waals surface area contributed by atoms with E-state index in [1.54, 1.807) is 11.8 Å². The molecule has 0 aromatic rings. The minimum Gasteiger partial charge on any atom is -0.464 e. The molecular formula is C13H21NO4. The standard InChI is InChI=1S/C13H21NO4/c1-2-18-13(16)11-6-3-7-14(11)12(15)10-5-4-8-17-9-10/h10-11H,2-9H2,1H3. The number of amides is 1. The predicted octanol–water partition coefficient (Wildman–Crippen LogP) is 0.967. The molecule has 0 aromatic heterocycles. The maximum absolute atomic E-state index is 12.4. The van der Waals surface area contributed by atoms with Crippen LogP contribution in [0.15, 0.2) is 0 Å². The fourth-order valence-corrected chi connectivity index (χ4v) is 2.68. The molecule has 2 heterocycles. The van der Waals surface area contributed by atoms with Gasteiger partial charge in [-0.1, -0.05) is 0 Å². The van der Waals surface area contributed by atoms with E-state index in [-0.39, 0.29) is 23.8 Å². The Morgan fingerprint density at radius 3 is 2.83 bits per heavy atom.